The van der Waals surface area contributed by atoms with Crippen LogP contribution in [0, 0.1) is 23.5 Å². The predicted molar refractivity (Wildman–Crippen MR) is 125 cm³/mol. The molecule has 2 aromatic rings. The first-order valence-electron chi connectivity index (χ1n) is 11.9. The number of hydrogen-bond donors (Lipinski definition) is 1. The van der Waals surface area contributed by atoms with Gasteiger partial charge in [-0.25, -0.2) is 13.6 Å². The van der Waals surface area contributed by atoms with Crippen LogP contribution in [0.1, 0.15) is 24.0 Å². The van der Waals surface area contributed by atoms with Gasteiger partial charge >= 0.3 is 6.09 Å². The van der Waals surface area contributed by atoms with Gasteiger partial charge in [0.15, 0.2) is 0 Å². The van der Waals surface area contributed by atoms with Crippen LogP contribution < -0.4 is 10.2 Å². The van der Waals surface area contributed by atoms with Crippen LogP contribution in [-0.2, 0) is 25.7 Å². The highest BCUT2D eigenvalue weighted by Gasteiger charge is 2.58. The Labute approximate surface area is 207 Å². The highest BCUT2D eigenvalue weighted by molar-refractivity contribution is 5.90. The molecule has 1 saturated carbocycles. The number of cyclic esters (lactones) is 1. The van der Waals surface area contributed by atoms with Crippen LogP contribution in [0.15, 0.2) is 42.5 Å². The van der Waals surface area contributed by atoms with E-state index in [1.54, 1.807) is 4.90 Å². The van der Waals surface area contributed by atoms with E-state index in [9.17, 15) is 14.4 Å². The van der Waals surface area contributed by atoms with Gasteiger partial charge in [-0.3, -0.25) is 14.5 Å². The molecule has 10 heteroatoms. The van der Waals surface area contributed by atoms with E-state index >= 15 is 8.78 Å². The van der Waals surface area contributed by atoms with Crippen LogP contribution in [0.4, 0.5) is 19.3 Å². The van der Waals surface area contributed by atoms with Crippen LogP contribution in [-0.4, -0.2) is 61.7 Å². The molecule has 36 heavy (non-hydrogen) atoms. The summed E-state index contributed by atoms with van der Waals surface area (Å²) in [5.74, 6) is -2.13. The quantitative estimate of drug-likeness (QED) is 0.604. The maximum atomic E-state index is 15.0. The second-order valence-corrected chi connectivity index (χ2v) is 9.51. The third kappa shape index (κ3) is 4.90. The summed E-state index contributed by atoms with van der Waals surface area (Å²) in [6.45, 7) is 2.73. The lowest BCUT2D eigenvalue weighted by molar-refractivity contribution is -0.136. The fourth-order valence-electron chi connectivity index (χ4n) is 5.22. The minimum Gasteiger partial charge on any atom is -0.442 e. The lowest BCUT2D eigenvalue weighted by Gasteiger charge is -2.21. The molecule has 0 radical (unpaired) electrons. The van der Waals surface area contributed by atoms with Crippen molar-refractivity contribution >= 4 is 23.6 Å². The van der Waals surface area contributed by atoms with E-state index in [2.05, 4.69) is 5.32 Å². The molecule has 1 N–H and O–H groups in total. The summed E-state index contributed by atoms with van der Waals surface area (Å²) in [5.41, 5.74) is 1.06. The standard InChI is InChI=1S/C26H27F2N3O5/c1-15(32)29-9-18-10-31(26(34)36-18)17-7-21(27)25(22(28)8-17)24-19-11-30(12-20(19)24)23(33)14-35-13-16-5-3-2-4-6-16/h2-8,18-20,24H,9-14H2,1H3,(H,29,32)/t18-,19-,20+,24?/m0/s1. The number of halogens is 2. The summed E-state index contributed by atoms with van der Waals surface area (Å²) in [6, 6.07) is 11.9. The number of likely N-dealkylation sites (tertiary alicyclic amines) is 1. The monoisotopic (exact) mass is 499 g/mol. The minimum absolute atomic E-state index is 0.00305. The molecule has 0 aromatic heterocycles. The van der Waals surface area contributed by atoms with Crippen molar-refractivity contribution in [2.75, 3.05) is 37.7 Å². The molecule has 2 saturated heterocycles. The van der Waals surface area contributed by atoms with E-state index in [1.165, 1.54) is 6.92 Å². The Hall–Kier alpha value is -3.53. The van der Waals surface area contributed by atoms with Gasteiger partial charge in [0.1, 0.15) is 24.3 Å². The Balaban J connectivity index is 1.16. The molecule has 2 heterocycles. The van der Waals surface area contributed by atoms with E-state index in [-0.39, 0.29) is 60.5 Å². The number of nitrogens with zero attached hydrogens (tertiary/aromatic N) is 2. The Morgan fingerprint density at radius 1 is 1.08 bits per heavy atom. The topological polar surface area (TPSA) is 88.2 Å². The van der Waals surface area contributed by atoms with Crippen LogP contribution in [0.3, 0.4) is 0 Å². The Morgan fingerprint density at radius 2 is 1.75 bits per heavy atom. The van der Waals surface area contributed by atoms with Crippen molar-refractivity contribution in [1.29, 1.82) is 0 Å². The molecule has 2 aliphatic heterocycles. The predicted octanol–water partition coefficient (Wildman–Crippen LogP) is 2.81. The maximum Gasteiger partial charge on any atom is 0.414 e. The average Bonchev–Trinajstić information content (AvgIpc) is 3.16. The van der Waals surface area contributed by atoms with E-state index in [1.807, 2.05) is 30.3 Å². The van der Waals surface area contributed by atoms with Gasteiger partial charge in [-0.05, 0) is 35.4 Å². The van der Waals surface area contributed by atoms with Crippen molar-refractivity contribution in [3.05, 3.63) is 65.2 Å². The molecule has 3 amide bonds. The molecule has 1 aliphatic carbocycles. The number of anilines is 1. The summed E-state index contributed by atoms with van der Waals surface area (Å²) in [5, 5.41) is 2.56. The number of nitrogens with one attached hydrogen (secondary N) is 1. The SMILES string of the molecule is CC(=O)NC[C@H]1CN(c2cc(F)c(C3[C@H]4CN(C(=O)COCc5ccccc5)C[C@@H]34)c(F)c2)C(=O)O1. The number of ether oxygens (including phenoxy) is 2. The zero-order chi connectivity index (χ0) is 25.4. The molecule has 3 fully saturated rings. The number of carbonyl (C=O) groups is 3. The van der Waals surface area contributed by atoms with Crippen molar-refractivity contribution in [1.82, 2.24) is 10.2 Å². The summed E-state index contributed by atoms with van der Waals surface area (Å²) in [7, 11) is 0. The first kappa shape index (κ1) is 24.2. The molecule has 3 aliphatic rings. The van der Waals surface area contributed by atoms with Crippen LogP contribution in [0.25, 0.3) is 0 Å². The van der Waals surface area contributed by atoms with Gasteiger partial charge in [0, 0.05) is 25.6 Å². The van der Waals surface area contributed by atoms with Crippen LogP contribution in [0.2, 0.25) is 0 Å². The van der Waals surface area contributed by atoms with Gasteiger partial charge in [-0.2, -0.15) is 0 Å². The molecule has 1 unspecified atom stereocenters. The third-order valence-electron chi connectivity index (χ3n) is 7.05. The van der Waals surface area contributed by atoms with Crippen LogP contribution in [0.5, 0.6) is 0 Å². The average molecular weight is 500 g/mol. The normalized spacial score (nSPS) is 24.5. The Bertz CT molecular complexity index is 1140. The highest BCUT2D eigenvalue weighted by atomic mass is 19.1. The molecule has 0 spiro atoms. The number of hydrogen-bond acceptors (Lipinski definition) is 5. The maximum absolute atomic E-state index is 15.0. The number of rotatable bonds is 8. The summed E-state index contributed by atoms with van der Waals surface area (Å²) >= 11 is 0. The van der Waals surface area contributed by atoms with Crippen molar-refractivity contribution in [3.8, 4) is 0 Å². The number of benzene rings is 2. The first-order valence-corrected chi connectivity index (χ1v) is 11.9. The largest absolute Gasteiger partial charge is 0.442 e. The molecule has 190 valence electrons. The minimum atomic E-state index is -0.719. The number of carbonyl (C=O) groups excluding carboxylic acids is 3. The van der Waals surface area contributed by atoms with Crippen molar-refractivity contribution in [3.63, 3.8) is 0 Å². The number of amides is 3. The van der Waals surface area contributed by atoms with Gasteiger partial charge < -0.3 is 19.7 Å². The van der Waals surface area contributed by atoms with E-state index in [4.69, 9.17) is 9.47 Å². The molecule has 5 rings (SSSR count). The second kappa shape index (κ2) is 9.85. The van der Waals surface area contributed by atoms with Gasteiger partial charge in [-0.15, -0.1) is 0 Å². The van der Waals surface area contributed by atoms with Crippen molar-refractivity contribution < 1.29 is 32.6 Å². The van der Waals surface area contributed by atoms with Gasteiger partial charge in [0.2, 0.25) is 11.8 Å². The lowest BCUT2D eigenvalue weighted by atomic mass is 10.0. The first-order chi connectivity index (χ1) is 17.3. The zero-order valence-corrected chi connectivity index (χ0v) is 19.8. The molecule has 4 atom stereocenters. The zero-order valence-electron chi connectivity index (χ0n) is 19.8. The smallest absolute Gasteiger partial charge is 0.414 e. The highest BCUT2D eigenvalue weighted by Crippen LogP contribution is 2.59. The third-order valence-corrected chi connectivity index (χ3v) is 7.05. The van der Waals surface area contributed by atoms with Gasteiger partial charge in [-0.1, -0.05) is 30.3 Å². The van der Waals surface area contributed by atoms with Crippen LogP contribution >= 0.6 is 0 Å². The molecule has 0 bridgehead atoms. The van der Waals surface area contributed by atoms with E-state index in [0.29, 0.717) is 19.7 Å². The van der Waals surface area contributed by atoms with E-state index < -0.39 is 23.8 Å². The molecule has 8 nitrogen and oxygen atoms in total. The van der Waals surface area contributed by atoms with Gasteiger partial charge in [0.05, 0.1) is 25.4 Å². The Morgan fingerprint density at radius 3 is 2.39 bits per heavy atom. The van der Waals surface area contributed by atoms with E-state index in [0.717, 1.165) is 22.6 Å². The summed E-state index contributed by atoms with van der Waals surface area (Å²) in [6.07, 6.45) is -1.32. The molecular weight excluding hydrogens is 472 g/mol. The Kier molecular flexibility index (Phi) is 6.61. The second-order valence-electron chi connectivity index (χ2n) is 9.51. The van der Waals surface area contributed by atoms with Crippen molar-refractivity contribution in [2.45, 2.75) is 25.6 Å². The lowest BCUT2D eigenvalue weighted by Crippen LogP contribution is -2.34. The summed E-state index contributed by atoms with van der Waals surface area (Å²) in [4.78, 5) is 38.6. The van der Waals surface area contributed by atoms with Gasteiger partial charge in [0.25, 0.3) is 0 Å². The summed E-state index contributed by atoms with van der Waals surface area (Å²) < 4.78 is 40.8. The molecular formula is C26H27F2N3O5. The fraction of sp³-hybridized carbons (Fsp3) is 0.423. The fourth-order valence-corrected chi connectivity index (χ4v) is 5.22. The number of piperidine rings is 1. The van der Waals surface area contributed by atoms with Crippen molar-refractivity contribution in [2.24, 2.45) is 11.8 Å². The number of fused-ring (bicyclic) bond motifs is 1. The molecule has 2 aromatic carbocycles.